The Bertz CT molecular complexity index is 512. The Kier molecular flexibility index (Phi) is 4.96. The van der Waals surface area contributed by atoms with Crippen molar-refractivity contribution >= 4 is 11.7 Å². The van der Waals surface area contributed by atoms with Crippen LogP contribution in [-0.4, -0.2) is 48.5 Å². The van der Waals surface area contributed by atoms with Crippen LogP contribution in [0.4, 0.5) is 0 Å². The van der Waals surface area contributed by atoms with E-state index in [0.29, 0.717) is 24.5 Å². The third-order valence-electron chi connectivity index (χ3n) is 3.55. The van der Waals surface area contributed by atoms with Crippen LogP contribution in [0.2, 0.25) is 0 Å². The van der Waals surface area contributed by atoms with E-state index in [1.165, 1.54) is 6.92 Å². The molecule has 0 N–H and O–H groups in total. The Labute approximate surface area is 124 Å². The minimum Gasteiger partial charge on any atom is -0.484 e. The van der Waals surface area contributed by atoms with E-state index in [1.807, 2.05) is 13.8 Å². The number of amides is 1. The van der Waals surface area contributed by atoms with Gasteiger partial charge in [0.25, 0.3) is 5.91 Å². The average Bonchev–Trinajstić information content (AvgIpc) is 2.47. The lowest BCUT2D eigenvalue weighted by Gasteiger charge is -2.36. The maximum Gasteiger partial charge on any atom is 0.260 e. The van der Waals surface area contributed by atoms with E-state index in [1.54, 1.807) is 29.2 Å². The normalized spacial score (nSPS) is 22.0. The van der Waals surface area contributed by atoms with Crippen LogP contribution in [0.25, 0.3) is 0 Å². The molecule has 0 bridgehead atoms. The number of Topliss-reactive ketones (excluding diaryl/α,β-unsaturated/α-hetero) is 1. The minimum atomic E-state index is -0.0479. The van der Waals surface area contributed by atoms with E-state index >= 15 is 0 Å². The second-order valence-corrected chi connectivity index (χ2v) is 5.41. The standard InChI is InChI=1S/C16H21NO4/c1-11-9-20-12(2)8-17(11)16(19)10-21-15-6-4-14(5-7-15)13(3)18/h4-7,11-12H,8-10H2,1-3H3. The Morgan fingerprint density at radius 3 is 2.57 bits per heavy atom. The summed E-state index contributed by atoms with van der Waals surface area (Å²) >= 11 is 0. The molecule has 0 spiro atoms. The molecular formula is C16H21NO4. The topological polar surface area (TPSA) is 55.8 Å². The molecule has 2 rings (SSSR count). The summed E-state index contributed by atoms with van der Waals surface area (Å²) in [4.78, 5) is 25.2. The highest BCUT2D eigenvalue weighted by atomic mass is 16.5. The van der Waals surface area contributed by atoms with Gasteiger partial charge < -0.3 is 14.4 Å². The van der Waals surface area contributed by atoms with Crippen LogP contribution in [0, 0.1) is 0 Å². The zero-order chi connectivity index (χ0) is 15.4. The zero-order valence-electron chi connectivity index (χ0n) is 12.7. The molecule has 1 saturated heterocycles. The minimum absolute atomic E-state index is 0.00349. The van der Waals surface area contributed by atoms with Crippen molar-refractivity contribution in [2.24, 2.45) is 0 Å². The number of morpholine rings is 1. The molecule has 2 unspecified atom stereocenters. The van der Waals surface area contributed by atoms with Crippen LogP contribution >= 0.6 is 0 Å². The third kappa shape index (κ3) is 4.04. The monoisotopic (exact) mass is 291 g/mol. The molecule has 1 aromatic rings. The van der Waals surface area contributed by atoms with Crippen LogP contribution in [0.3, 0.4) is 0 Å². The third-order valence-corrected chi connectivity index (χ3v) is 3.55. The molecule has 0 aliphatic carbocycles. The van der Waals surface area contributed by atoms with Crippen molar-refractivity contribution in [3.8, 4) is 5.75 Å². The predicted octanol–water partition coefficient (Wildman–Crippen LogP) is 1.90. The van der Waals surface area contributed by atoms with E-state index in [9.17, 15) is 9.59 Å². The summed E-state index contributed by atoms with van der Waals surface area (Å²) in [5.74, 6) is 0.546. The highest BCUT2D eigenvalue weighted by molar-refractivity contribution is 5.94. The summed E-state index contributed by atoms with van der Waals surface area (Å²) < 4.78 is 11.0. The first-order valence-corrected chi connectivity index (χ1v) is 7.12. The van der Waals surface area contributed by atoms with Gasteiger partial charge in [-0.25, -0.2) is 0 Å². The van der Waals surface area contributed by atoms with Crippen LogP contribution in [0.1, 0.15) is 31.1 Å². The molecular weight excluding hydrogens is 270 g/mol. The molecule has 1 fully saturated rings. The number of hydrogen-bond donors (Lipinski definition) is 0. The molecule has 2 atom stereocenters. The van der Waals surface area contributed by atoms with Gasteiger partial charge in [-0.15, -0.1) is 0 Å². The first kappa shape index (κ1) is 15.5. The summed E-state index contributed by atoms with van der Waals surface area (Å²) in [6.45, 7) is 6.57. The molecule has 0 aromatic heterocycles. The smallest absolute Gasteiger partial charge is 0.260 e. The number of carbonyl (C=O) groups is 2. The van der Waals surface area contributed by atoms with E-state index < -0.39 is 0 Å². The first-order chi connectivity index (χ1) is 9.97. The highest BCUT2D eigenvalue weighted by Gasteiger charge is 2.27. The average molecular weight is 291 g/mol. The van der Waals surface area contributed by atoms with Gasteiger partial charge in [0.2, 0.25) is 0 Å². The summed E-state index contributed by atoms with van der Waals surface area (Å²) in [5.41, 5.74) is 0.629. The molecule has 1 aromatic carbocycles. The Morgan fingerprint density at radius 1 is 1.29 bits per heavy atom. The number of nitrogens with zero attached hydrogens (tertiary/aromatic N) is 1. The van der Waals surface area contributed by atoms with Crippen LogP contribution in [-0.2, 0) is 9.53 Å². The Hall–Kier alpha value is -1.88. The molecule has 1 heterocycles. The van der Waals surface area contributed by atoms with Crippen molar-refractivity contribution in [2.75, 3.05) is 19.8 Å². The SMILES string of the molecule is CC(=O)c1ccc(OCC(=O)N2CC(C)OCC2C)cc1. The van der Waals surface area contributed by atoms with Crippen molar-refractivity contribution in [1.82, 2.24) is 4.90 Å². The Morgan fingerprint density at radius 2 is 1.95 bits per heavy atom. The largest absolute Gasteiger partial charge is 0.484 e. The van der Waals surface area contributed by atoms with Gasteiger partial charge in [0.1, 0.15) is 5.75 Å². The van der Waals surface area contributed by atoms with Gasteiger partial charge in [-0.05, 0) is 45.0 Å². The molecule has 1 aliphatic rings. The fraction of sp³-hybridized carbons (Fsp3) is 0.500. The molecule has 1 amide bonds. The van der Waals surface area contributed by atoms with Gasteiger partial charge in [-0.1, -0.05) is 0 Å². The number of hydrogen-bond acceptors (Lipinski definition) is 4. The number of ketones is 1. The number of rotatable bonds is 4. The van der Waals surface area contributed by atoms with Gasteiger partial charge in [-0.3, -0.25) is 9.59 Å². The second kappa shape index (κ2) is 6.72. The van der Waals surface area contributed by atoms with Gasteiger partial charge in [0, 0.05) is 12.1 Å². The van der Waals surface area contributed by atoms with Crippen LogP contribution in [0.15, 0.2) is 24.3 Å². The van der Waals surface area contributed by atoms with Crippen molar-refractivity contribution < 1.29 is 19.1 Å². The van der Waals surface area contributed by atoms with Gasteiger partial charge in [-0.2, -0.15) is 0 Å². The maximum atomic E-state index is 12.2. The van der Waals surface area contributed by atoms with Crippen molar-refractivity contribution in [3.05, 3.63) is 29.8 Å². The fourth-order valence-corrected chi connectivity index (χ4v) is 2.26. The molecule has 5 heteroatoms. The predicted molar refractivity (Wildman–Crippen MR) is 78.5 cm³/mol. The lowest BCUT2D eigenvalue weighted by Crippen LogP contribution is -2.51. The maximum absolute atomic E-state index is 12.2. The quantitative estimate of drug-likeness (QED) is 0.795. The van der Waals surface area contributed by atoms with Crippen LogP contribution in [0.5, 0.6) is 5.75 Å². The summed E-state index contributed by atoms with van der Waals surface area (Å²) in [7, 11) is 0. The highest BCUT2D eigenvalue weighted by Crippen LogP contribution is 2.15. The summed E-state index contributed by atoms with van der Waals surface area (Å²) in [5, 5.41) is 0. The van der Waals surface area contributed by atoms with Crippen molar-refractivity contribution in [2.45, 2.75) is 32.9 Å². The Balaban J connectivity index is 1.89. The molecule has 0 saturated carbocycles. The molecule has 0 radical (unpaired) electrons. The second-order valence-electron chi connectivity index (χ2n) is 5.41. The van der Waals surface area contributed by atoms with E-state index in [2.05, 4.69) is 0 Å². The first-order valence-electron chi connectivity index (χ1n) is 7.12. The van der Waals surface area contributed by atoms with Crippen molar-refractivity contribution in [3.63, 3.8) is 0 Å². The number of benzene rings is 1. The molecule has 114 valence electrons. The molecule has 21 heavy (non-hydrogen) atoms. The van der Waals surface area contributed by atoms with Crippen molar-refractivity contribution in [1.29, 1.82) is 0 Å². The number of ether oxygens (including phenoxy) is 2. The van der Waals surface area contributed by atoms with Crippen LogP contribution < -0.4 is 4.74 Å². The lowest BCUT2D eigenvalue weighted by atomic mass is 10.1. The lowest BCUT2D eigenvalue weighted by molar-refractivity contribution is -0.145. The van der Waals surface area contributed by atoms with E-state index in [4.69, 9.17) is 9.47 Å². The zero-order valence-corrected chi connectivity index (χ0v) is 12.7. The fourth-order valence-electron chi connectivity index (χ4n) is 2.26. The number of carbonyl (C=O) groups excluding carboxylic acids is 2. The van der Waals surface area contributed by atoms with Gasteiger partial charge in [0.05, 0.1) is 18.8 Å². The molecule has 5 nitrogen and oxygen atoms in total. The van der Waals surface area contributed by atoms with Gasteiger partial charge in [0.15, 0.2) is 12.4 Å². The van der Waals surface area contributed by atoms with E-state index in [-0.39, 0.29) is 30.4 Å². The summed E-state index contributed by atoms with van der Waals surface area (Å²) in [6.07, 6.45) is 0.0556. The molecule has 1 aliphatic heterocycles. The van der Waals surface area contributed by atoms with E-state index in [0.717, 1.165) is 0 Å². The summed E-state index contributed by atoms with van der Waals surface area (Å²) in [6, 6.07) is 6.87. The van der Waals surface area contributed by atoms with Gasteiger partial charge >= 0.3 is 0 Å².